The molecule has 2 rings (SSSR count). The lowest BCUT2D eigenvalue weighted by Crippen LogP contribution is -2.41. The first-order chi connectivity index (χ1) is 9.61. The second-order valence-corrected chi connectivity index (χ2v) is 6.18. The molecule has 1 saturated heterocycles. The summed E-state index contributed by atoms with van der Waals surface area (Å²) in [5.41, 5.74) is 5.90. The molecule has 3 nitrogen and oxygen atoms in total. The number of hydrogen-bond acceptors (Lipinski definition) is 3. The Morgan fingerprint density at radius 3 is 3.05 bits per heavy atom. The van der Waals surface area contributed by atoms with E-state index < -0.39 is 5.82 Å². The van der Waals surface area contributed by atoms with Crippen LogP contribution in [0.15, 0.2) is 18.2 Å². The molecule has 0 aliphatic carbocycles. The van der Waals surface area contributed by atoms with E-state index in [9.17, 15) is 9.18 Å². The van der Waals surface area contributed by atoms with Crippen molar-refractivity contribution in [2.75, 3.05) is 25.4 Å². The molecular weight excluding hydrogens is 275 g/mol. The molecule has 2 N–H and O–H groups in total. The number of nitrogens with zero attached hydrogens (tertiary/aromatic N) is 1. The van der Waals surface area contributed by atoms with Gasteiger partial charge in [-0.3, -0.25) is 4.79 Å². The number of benzene rings is 1. The van der Waals surface area contributed by atoms with E-state index >= 15 is 0 Å². The molecule has 1 aromatic carbocycles. The fraction of sp³-hybridized carbons (Fsp3) is 0.400. The first kappa shape index (κ1) is 14.9. The van der Waals surface area contributed by atoms with Crippen LogP contribution in [0.1, 0.15) is 22.8 Å². The molecule has 5 heteroatoms. The van der Waals surface area contributed by atoms with E-state index in [1.165, 1.54) is 12.1 Å². The van der Waals surface area contributed by atoms with Crippen molar-refractivity contribution in [1.82, 2.24) is 4.90 Å². The van der Waals surface area contributed by atoms with Crippen LogP contribution in [0.4, 0.5) is 4.39 Å². The molecule has 1 fully saturated rings. The molecule has 1 atom stereocenters. The van der Waals surface area contributed by atoms with E-state index in [0.717, 1.165) is 5.75 Å². The maximum absolute atomic E-state index is 13.9. The van der Waals surface area contributed by atoms with Gasteiger partial charge in [0, 0.05) is 29.7 Å². The van der Waals surface area contributed by atoms with Gasteiger partial charge in [0.05, 0.1) is 12.1 Å². The maximum Gasteiger partial charge on any atom is 0.254 e. The third kappa shape index (κ3) is 3.53. The third-order valence-electron chi connectivity index (χ3n) is 3.07. The van der Waals surface area contributed by atoms with Crippen LogP contribution in [-0.4, -0.2) is 41.4 Å². The second-order valence-electron chi connectivity index (χ2n) is 4.63. The van der Waals surface area contributed by atoms with Crippen molar-refractivity contribution in [3.8, 4) is 11.8 Å². The van der Waals surface area contributed by atoms with Crippen LogP contribution in [-0.2, 0) is 0 Å². The molecule has 1 aromatic rings. The molecular formula is C15H17FN2OS. The van der Waals surface area contributed by atoms with Crippen LogP contribution in [0.5, 0.6) is 0 Å². The quantitative estimate of drug-likeness (QED) is 0.802. The van der Waals surface area contributed by atoms with E-state index in [4.69, 9.17) is 5.73 Å². The van der Waals surface area contributed by atoms with Gasteiger partial charge in [0.2, 0.25) is 0 Å². The van der Waals surface area contributed by atoms with Gasteiger partial charge in [-0.15, -0.1) is 0 Å². The number of halogens is 1. The Balaban J connectivity index is 2.16. The van der Waals surface area contributed by atoms with E-state index in [-0.39, 0.29) is 18.0 Å². The summed E-state index contributed by atoms with van der Waals surface area (Å²) in [5.74, 6) is 5.58. The van der Waals surface area contributed by atoms with Crippen molar-refractivity contribution in [3.05, 3.63) is 35.1 Å². The molecule has 1 amide bonds. The summed E-state index contributed by atoms with van der Waals surface area (Å²) >= 11 is 1.85. The highest BCUT2D eigenvalue weighted by Gasteiger charge is 2.22. The van der Waals surface area contributed by atoms with E-state index in [0.29, 0.717) is 23.9 Å². The van der Waals surface area contributed by atoms with Crippen molar-refractivity contribution in [2.45, 2.75) is 12.2 Å². The van der Waals surface area contributed by atoms with Gasteiger partial charge in [-0.25, -0.2) is 4.39 Å². The summed E-state index contributed by atoms with van der Waals surface area (Å²) in [6.07, 6.45) is 0. The molecule has 0 radical (unpaired) electrons. The fourth-order valence-electron chi connectivity index (χ4n) is 2.08. The van der Waals surface area contributed by atoms with Crippen molar-refractivity contribution in [1.29, 1.82) is 0 Å². The Labute approximate surface area is 122 Å². The highest BCUT2D eigenvalue weighted by molar-refractivity contribution is 7.99. The maximum atomic E-state index is 13.9. The zero-order valence-electron chi connectivity index (χ0n) is 11.4. The predicted molar refractivity (Wildman–Crippen MR) is 80.2 cm³/mol. The Kier molecular flexibility index (Phi) is 5.05. The highest BCUT2D eigenvalue weighted by Crippen LogP contribution is 2.20. The Bertz CT molecular complexity index is 565. The average molecular weight is 292 g/mol. The Morgan fingerprint density at radius 2 is 2.40 bits per heavy atom. The van der Waals surface area contributed by atoms with Crippen LogP contribution < -0.4 is 5.73 Å². The SMILES string of the molecule is CC1CN(C(=O)c2ccc(C#CCN)c(F)c2)CCS1. The third-order valence-corrected chi connectivity index (χ3v) is 4.21. The zero-order chi connectivity index (χ0) is 14.5. The topological polar surface area (TPSA) is 46.3 Å². The summed E-state index contributed by atoms with van der Waals surface area (Å²) in [6, 6.07) is 4.42. The molecule has 0 aromatic heterocycles. The largest absolute Gasteiger partial charge is 0.337 e. The Morgan fingerprint density at radius 1 is 1.60 bits per heavy atom. The lowest BCUT2D eigenvalue weighted by molar-refractivity contribution is 0.0762. The van der Waals surface area contributed by atoms with Gasteiger partial charge in [0.15, 0.2) is 0 Å². The van der Waals surface area contributed by atoms with Crippen molar-refractivity contribution in [3.63, 3.8) is 0 Å². The Hall–Kier alpha value is -1.51. The number of carbonyl (C=O) groups excluding carboxylic acids is 1. The van der Waals surface area contributed by atoms with Crippen molar-refractivity contribution in [2.24, 2.45) is 5.73 Å². The van der Waals surface area contributed by atoms with Crippen LogP contribution in [0.25, 0.3) is 0 Å². The van der Waals surface area contributed by atoms with Gasteiger partial charge < -0.3 is 10.6 Å². The second kappa shape index (κ2) is 6.78. The first-order valence-electron chi connectivity index (χ1n) is 6.51. The molecule has 1 aliphatic rings. The average Bonchev–Trinajstić information content (AvgIpc) is 2.45. The summed E-state index contributed by atoms with van der Waals surface area (Å²) in [6.45, 7) is 3.70. The molecule has 1 heterocycles. The number of amides is 1. The molecule has 0 spiro atoms. The summed E-state index contributed by atoms with van der Waals surface area (Å²) < 4.78 is 13.9. The lowest BCUT2D eigenvalue weighted by Gasteiger charge is -2.30. The van der Waals surface area contributed by atoms with Crippen molar-refractivity contribution < 1.29 is 9.18 Å². The number of hydrogen-bond donors (Lipinski definition) is 1. The van der Waals surface area contributed by atoms with Crippen LogP contribution in [0.3, 0.4) is 0 Å². The molecule has 0 bridgehead atoms. The van der Waals surface area contributed by atoms with Gasteiger partial charge in [-0.1, -0.05) is 18.8 Å². The molecule has 0 saturated carbocycles. The van der Waals surface area contributed by atoms with Crippen LogP contribution in [0, 0.1) is 17.7 Å². The molecule has 1 unspecified atom stereocenters. The minimum absolute atomic E-state index is 0.116. The minimum atomic E-state index is -0.476. The number of carbonyl (C=O) groups is 1. The van der Waals surface area contributed by atoms with E-state index in [1.807, 2.05) is 11.8 Å². The first-order valence-corrected chi connectivity index (χ1v) is 7.56. The molecule has 20 heavy (non-hydrogen) atoms. The minimum Gasteiger partial charge on any atom is -0.337 e. The summed E-state index contributed by atoms with van der Waals surface area (Å²) in [7, 11) is 0. The van der Waals surface area contributed by atoms with Gasteiger partial charge in [0.1, 0.15) is 5.82 Å². The highest BCUT2D eigenvalue weighted by atomic mass is 32.2. The predicted octanol–water partition coefficient (Wildman–Crippen LogP) is 1.71. The zero-order valence-corrected chi connectivity index (χ0v) is 12.2. The van der Waals surface area contributed by atoms with Crippen LogP contribution >= 0.6 is 11.8 Å². The van der Waals surface area contributed by atoms with Gasteiger partial charge >= 0.3 is 0 Å². The number of thioether (sulfide) groups is 1. The fourth-order valence-corrected chi connectivity index (χ4v) is 3.09. The normalized spacial score (nSPS) is 18.4. The monoisotopic (exact) mass is 292 g/mol. The smallest absolute Gasteiger partial charge is 0.254 e. The molecule has 106 valence electrons. The molecule has 1 aliphatic heterocycles. The van der Waals surface area contributed by atoms with Crippen molar-refractivity contribution >= 4 is 17.7 Å². The lowest BCUT2D eigenvalue weighted by atomic mass is 10.1. The van der Waals surface area contributed by atoms with E-state index in [2.05, 4.69) is 18.8 Å². The van der Waals surface area contributed by atoms with E-state index in [1.54, 1.807) is 11.0 Å². The number of rotatable bonds is 1. The summed E-state index contributed by atoms with van der Waals surface area (Å²) in [5, 5.41) is 0.423. The van der Waals surface area contributed by atoms with Gasteiger partial charge in [-0.2, -0.15) is 11.8 Å². The number of nitrogens with two attached hydrogens (primary N) is 1. The van der Waals surface area contributed by atoms with Gasteiger partial charge in [-0.05, 0) is 18.2 Å². The van der Waals surface area contributed by atoms with Crippen LogP contribution in [0.2, 0.25) is 0 Å². The van der Waals surface area contributed by atoms with Gasteiger partial charge in [0.25, 0.3) is 5.91 Å². The standard InChI is InChI=1S/C15H17FN2OS/c1-11-10-18(7-8-20-11)15(19)13-5-4-12(3-2-6-17)14(16)9-13/h4-5,9,11H,6-8,10,17H2,1H3. The summed E-state index contributed by atoms with van der Waals surface area (Å²) in [4.78, 5) is 14.1.